The Hall–Kier alpha value is -2.36. The van der Waals surface area contributed by atoms with Crippen molar-refractivity contribution in [3.63, 3.8) is 0 Å². The summed E-state index contributed by atoms with van der Waals surface area (Å²) >= 11 is 0. The van der Waals surface area contributed by atoms with E-state index in [4.69, 9.17) is 5.11 Å². The number of rotatable bonds is 5. The van der Waals surface area contributed by atoms with E-state index in [1.54, 1.807) is 6.07 Å². The Morgan fingerprint density at radius 2 is 1.81 bits per heavy atom. The van der Waals surface area contributed by atoms with Gasteiger partial charge in [0.2, 0.25) is 0 Å². The van der Waals surface area contributed by atoms with Crippen molar-refractivity contribution in [3.05, 3.63) is 48.0 Å². The zero-order chi connectivity index (χ0) is 15.4. The summed E-state index contributed by atoms with van der Waals surface area (Å²) in [5.41, 5.74) is 0.523. The Balaban J connectivity index is 2.35. The van der Waals surface area contributed by atoms with E-state index >= 15 is 0 Å². The second-order valence-electron chi connectivity index (χ2n) is 5.15. The molecule has 0 aromatic heterocycles. The average molecular weight is 285 g/mol. The first kappa shape index (κ1) is 15.0. The van der Waals surface area contributed by atoms with Gasteiger partial charge in [-0.1, -0.05) is 37.3 Å². The Labute approximate surface area is 124 Å². The third kappa shape index (κ3) is 3.40. The Kier molecular flexibility index (Phi) is 4.58. The lowest BCUT2D eigenvalue weighted by atomic mass is 10.1. The largest absolute Gasteiger partial charge is 0.480 e. The maximum atomic E-state index is 12.6. The van der Waals surface area contributed by atoms with Crippen molar-refractivity contribution in [1.82, 2.24) is 4.90 Å². The molecule has 0 aliphatic heterocycles. The summed E-state index contributed by atoms with van der Waals surface area (Å²) in [4.78, 5) is 25.0. The van der Waals surface area contributed by atoms with Crippen LogP contribution in [0.25, 0.3) is 10.8 Å². The summed E-state index contributed by atoms with van der Waals surface area (Å²) in [6.45, 7) is 3.52. The maximum Gasteiger partial charge on any atom is 0.323 e. The molecule has 0 saturated carbocycles. The molecule has 0 radical (unpaired) electrons. The number of hydrogen-bond donors (Lipinski definition) is 1. The van der Waals surface area contributed by atoms with E-state index in [9.17, 15) is 9.59 Å². The number of fused-ring (bicyclic) bond motifs is 1. The number of carbonyl (C=O) groups is 2. The highest BCUT2D eigenvalue weighted by Gasteiger charge is 2.22. The fourth-order valence-corrected chi connectivity index (χ4v) is 2.28. The van der Waals surface area contributed by atoms with Gasteiger partial charge in [-0.15, -0.1) is 0 Å². The monoisotopic (exact) mass is 285 g/mol. The van der Waals surface area contributed by atoms with E-state index < -0.39 is 5.97 Å². The molecular formula is C17H19NO3. The lowest BCUT2D eigenvalue weighted by Gasteiger charge is -2.27. The molecule has 2 aromatic carbocycles. The topological polar surface area (TPSA) is 57.6 Å². The molecule has 2 rings (SSSR count). The van der Waals surface area contributed by atoms with Crippen LogP contribution in [0.2, 0.25) is 0 Å². The van der Waals surface area contributed by atoms with E-state index in [1.165, 1.54) is 4.90 Å². The van der Waals surface area contributed by atoms with Crippen molar-refractivity contribution in [1.29, 1.82) is 0 Å². The molecule has 0 heterocycles. The summed E-state index contributed by atoms with van der Waals surface area (Å²) in [5.74, 6) is -1.23. The van der Waals surface area contributed by atoms with Crippen molar-refractivity contribution in [2.75, 3.05) is 6.54 Å². The van der Waals surface area contributed by atoms with Crippen LogP contribution in [0.4, 0.5) is 0 Å². The second-order valence-corrected chi connectivity index (χ2v) is 5.15. The van der Waals surface area contributed by atoms with Crippen LogP contribution in [0.5, 0.6) is 0 Å². The van der Waals surface area contributed by atoms with Gasteiger partial charge in [0.05, 0.1) is 0 Å². The summed E-state index contributed by atoms with van der Waals surface area (Å²) in [6.07, 6.45) is 0.715. The first-order valence-electron chi connectivity index (χ1n) is 7.04. The number of aliphatic carboxylic acids is 1. The minimum absolute atomic E-state index is 0.111. The highest BCUT2D eigenvalue weighted by Crippen LogP contribution is 2.18. The molecule has 110 valence electrons. The molecule has 0 bridgehead atoms. The molecule has 4 heteroatoms. The Morgan fingerprint density at radius 3 is 2.43 bits per heavy atom. The lowest BCUT2D eigenvalue weighted by molar-refractivity contribution is -0.138. The molecule has 2 aromatic rings. The highest BCUT2D eigenvalue weighted by atomic mass is 16.4. The molecule has 1 atom stereocenters. The average Bonchev–Trinajstić information content (AvgIpc) is 2.50. The standard InChI is InChI=1S/C17H19NO3/c1-3-12(2)18(11-16(19)20)17(21)15-9-8-13-6-4-5-7-14(13)10-15/h4-10,12H,3,11H2,1-2H3,(H,19,20). The van der Waals surface area contributed by atoms with E-state index in [-0.39, 0.29) is 18.5 Å². The third-order valence-electron chi connectivity index (χ3n) is 3.69. The number of carbonyl (C=O) groups excluding carboxylic acids is 1. The third-order valence-corrected chi connectivity index (χ3v) is 3.69. The van der Waals surface area contributed by atoms with Crippen LogP contribution >= 0.6 is 0 Å². The van der Waals surface area contributed by atoms with Crippen molar-refractivity contribution in [2.24, 2.45) is 0 Å². The van der Waals surface area contributed by atoms with Gasteiger partial charge in [-0.05, 0) is 36.2 Å². The van der Waals surface area contributed by atoms with E-state index in [0.29, 0.717) is 12.0 Å². The normalized spacial score (nSPS) is 12.1. The smallest absolute Gasteiger partial charge is 0.323 e. The minimum atomic E-state index is -0.996. The predicted molar refractivity (Wildman–Crippen MR) is 82.4 cm³/mol. The second kappa shape index (κ2) is 6.39. The number of carboxylic acids is 1. The van der Waals surface area contributed by atoms with Gasteiger partial charge in [-0.3, -0.25) is 9.59 Å². The SMILES string of the molecule is CCC(C)N(CC(=O)O)C(=O)c1ccc2ccccc2c1. The summed E-state index contributed by atoms with van der Waals surface area (Å²) in [5, 5.41) is 11.0. The van der Waals surface area contributed by atoms with Crippen LogP contribution in [0.15, 0.2) is 42.5 Å². The Bertz CT molecular complexity index is 666. The first-order chi connectivity index (χ1) is 10.0. The van der Waals surface area contributed by atoms with Crippen molar-refractivity contribution in [3.8, 4) is 0 Å². The van der Waals surface area contributed by atoms with Gasteiger partial charge in [0.25, 0.3) is 5.91 Å². The molecule has 4 nitrogen and oxygen atoms in total. The van der Waals surface area contributed by atoms with Crippen LogP contribution in [0.1, 0.15) is 30.6 Å². The minimum Gasteiger partial charge on any atom is -0.480 e. The molecule has 1 amide bonds. The summed E-state index contributed by atoms with van der Waals surface area (Å²) in [7, 11) is 0. The first-order valence-corrected chi connectivity index (χ1v) is 7.04. The van der Waals surface area contributed by atoms with Gasteiger partial charge in [0.1, 0.15) is 6.54 Å². The van der Waals surface area contributed by atoms with E-state index in [2.05, 4.69) is 0 Å². The van der Waals surface area contributed by atoms with Crippen LogP contribution < -0.4 is 0 Å². The van der Waals surface area contributed by atoms with E-state index in [0.717, 1.165) is 10.8 Å². The highest BCUT2D eigenvalue weighted by molar-refractivity contribution is 5.99. The fraction of sp³-hybridized carbons (Fsp3) is 0.294. The Morgan fingerprint density at radius 1 is 1.14 bits per heavy atom. The van der Waals surface area contributed by atoms with Gasteiger partial charge in [-0.2, -0.15) is 0 Å². The van der Waals surface area contributed by atoms with Gasteiger partial charge in [-0.25, -0.2) is 0 Å². The number of carboxylic acid groups (broad SMARTS) is 1. The van der Waals surface area contributed by atoms with E-state index in [1.807, 2.05) is 50.2 Å². The zero-order valence-electron chi connectivity index (χ0n) is 12.2. The zero-order valence-corrected chi connectivity index (χ0v) is 12.2. The van der Waals surface area contributed by atoms with Gasteiger partial charge in [0.15, 0.2) is 0 Å². The molecule has 0 fully saturated rings. The fourth-order valence-electron chi connectivity index (χ4n) is 2.28. The van der Waals surface area contributed by atoms with Crippen LogP contribution in [-0.2, 0) is 4.79 Å². The molecule has 0 spiro atoms. The molecular weight excluding hydrogens is 266 g/mol. The lowest BCUT2D eigenvalue weighted by Crippen LogP contribution is -2.41. The number of benzene rings is 2. The van der Waals surface area contributed by atoms with Crippen molar-refractivity contribution >= 4 is 22.6 Å². The quantitative estimate of drug-likeness (QED) is 0.918. The maximum absolute atomic E-state index is 12.6. The van der Waals surface area contributed by atoms with Crippen molar-refractivity contribution in [2.45, 2.75) is 26.3 Å². The molecule has 0 aliphatic carbocycles. The number of nitrogens with zero attached hydrogens (tertiary/aromatic N) is 1. The van der Waals surface area contributed by atoms with Gasteiger partial charge in [0, 0.05) is 11.6 Å². The molecule has 1 N–H and O–H groups in total. The van der Waals surface area contributed by atoms with Gasteiger partial charge >= 0.3 is 5.97 Å². The molecule has 1 unspecified atom stereocenters. The molecule has 21 heavy (non-hydrogen) atoms. The van der Waals surface area contributed by atoms with Gasteiger partial charge < -0.3 is 10.0 Å². The summed E-state index contributed by atoms with van der Waals surface area (Å²) in [6, 6.07) is 13.1. The summed E-state index contributed by atoms with van der Waals surface area (Å²) < 4.78 is 0. The van der Waals surface area contributed by atoms with Crippen LogP contribution in [-0.4, -0.2) is 34.5 Å². The van der Waals surface area contributed by atoms with Crippen LogP contribution in [0.3, 0.4) is 0 Å². The molecule has 0 aliphatic rings. The number of hydrogen-bond acceptors (Lipinski definition) is 2. The number of amides is 1. The predicted octanol–water partition coefficient (Wildman–Crippen LogP) is 3.17. The van der Waals surface area contributed by atoms with Crippen LogP contribution in [0, 0.1) is 0 Å². The van der Waals surface area contributed by atoms with Crippen molar-refractivity contribution < 1.29 is 14.7 Å². The molecule has 0 saturated heterocycles.